The van der Waals surface area contributed by atoms with Crippen LogP contribution in [0, 0.1) is 5.41 Å². The molecule has 4 rings (SSSR count). The third-order valence-electron chi connectivity index (χ3n) is 4.30. The van der Waals surface area contributed by atoms with Gasteiger partial charge in [-0.15, -0.1) is 0 Å². The number of allylic oxidation sites excluding steroid dienone is 4. The number of halogens is 1. The smallest absolute Gasteiger partial charge is 0.180 e. The van der Waals surface area contributed by atoms with E-state index in [1.165, 1.54) is 12.3 Å². The molecule has 0 amide bonds. The van der Waals surface area contributed by atoms with Crippen LogP contribution in [0.25, 0.3) is 22.9 Å². The largest absolute Gasteiger partial charge is 0.364 e. The Hall–Kier alpha value is -3.09. The summed E-state index contributed by atoms with van der Waals surface area (Å²) in [5.74, 6) is 0.352. The predicted molar refractivity (Wildman–Crippen MR) is 89.8 cm³/mol. The zero-order valence-corrected chi connectivity index (χ0v) is 13.6. The van der Waals surface area contributed by atoms with Crippen LogP contribution in [0.15, 0.2) is 65.4 Å². The Morgan fingerprint density at radius 2 is 2.12 bits per heavy atom. The van der Waals surface area contributed by atoms with E-state index in [-0.39, 0.29) is 5.83 Å². The lowest BCUT2D eigenvalue weighted by Gasteiger charge is -2.29. The first-order valence-corrected chi connectivity index (χ1v) is 7.94. The Labute approximate surface area is 143 Å². The Bertz CT molecular complexity index is 930. The molecule has 6 nitrogen and oxygen atoms in total. The maximum Gasteiger partial charge on any atom is 0.180 e. The minimum absolute atomic E-state index is 0.158. The quantitative estimate of drug-likeness (QED) is 0.724. The van der Waals surface area contributed by atoms with Crippen molar-refractivity contribution in [3.05, 3.63) is 60.9 Å². The fourth-order valence-electron chi connectivity index (χ4n) is 2.88. The van der Waals surface area contributed by atoms with E-state index in [4.69, 9.17) is 4.52 Å². The highest BCUT2D eigenvalue weighted by Gasteiger charge is 2.32. The molecule has 0 saturated heterocycles. The lowest BCUT2D eigenvalue weighted by atomic mass is 9.82. The van der Waals surface area contributed by atoms with Crippen molar-refractivity contribution in [1.82, 2.24) is 24.9 Å². The van der Waals surface area contributed by atoms with E-state index < -0.39 is 5.41 Å². The molecule has 0 bridgehead atoms. The average molecular weight is 337 g/mol. The first kappa shape index (κ1) is 15.4. The summed E-state index contributed by atoms with van der Waals surface area (Å²) < 4.78 is 21.1. The molecule has 1 aliphatic rings. The van der Waals surface area contributed by atoms with Gasteiger partial charge in [0.1, 0.15) is 23.5 Å². The molecule has 3 aromatic heterocycles. The van der Waals surface area contributed by atoms with E-state index in [1.807, 2.05) is 19.1 Å². The molecule has 126 valence electrons. The zero-order valence-electron chi connectivity index (χ0n) is 13.6. The molecule has 0 N–H and O–H groups in total. The summed E-state index contributed by atoms with van der Waals surface area (Å²) in [6, 6.07) is 5.34. The highest BCUT2D eigenvalue weighted by Crippen LogP contribution is 2.38. The molecule has 0 saturated carbocycles. The van der Waals surface area contributed by atoms with Crippen molar-refractivity contribution >= 4 is 0 Å². The predicted octanol–water partition coefficient (Wildman–Crippen LogP) is 3.81. The molecule has 0 spiro atoms. The van der Waals surface area contributed by atoms with Crippen LogP contribution in [-0.4, -0.2) is 24.9 Å². The molecule has 0 fully saturated rings. The number of hydrogen-bond acceptors (Lipinski definition) is 5. The summed E-state index contributed by atoms with van der Waals surface area (Å²) in [6.07, 6.45) is 10.6. The molecule has 7 heteroatoms. The van der Waals surface area contributed by atoms with Gasteiger partial charge < -0.3 is 4.52 Å². The first-order valence-electron chi connectivity index (χ1n) is 7.94. The van der Waals surface area contributed by atoms with Gasteiger partial charge in [-0.1, -0.05) is 24.2 Å². The van der Waals surface area contributed by atoms with Gasteiger partial charge in [0.05, 0.1) is 12.2 Å². The lowest BCUT2D eigenvalue weighted by Crippen LogP contribution is -2.26. The van der Waals surface area contributed by atoms with Gasteiger partial charge in [0.25, 0.3) is 0 Å². The Kier molecular flexibility index (Phi) is 3.76. The summed E-state index contributed by atoms with van der Waals surface area (Å²) in [4.78, 5) is 8.47. The molecular formula is C18H16FN5O. The van der Waals surface area contributed by atoms with E-state index >= 15 is 0 Å². The molecule has 25 heavy (non-hydrogen) atoms. The third-order valence-corrected chi connectivity index (χ3v) is 4.30. The minimum atomic E-state index is -0.659. The topological polar surface area (TPSA) is 69.6 Å². The SMILES string of the molecule is CC1(Cn2nc(-c3ncccn3)cc2-c2ccon2)CC=CC=C1F. The highest BCUT2D eigenvalue weighted by molar-refractivity contribution is 5.62. The number of rotatable bonds is 4. The molecule has 1 unspecified atom stereocenters. The molecule has 0 aromatic carbocycles. The van der Waals surface area contributed by atoms with Gasteiger partial charge in [-0.05, 0) is 24.6 Å². The molecular weight excluding hydrogens is 321 g/mol. The van der Waals surface area contributed by atoms with Crippen LogP contribution in [0.3, 0.4) is 0 Å². The fourth-order valence-corrected chi connectivity index (χ4v) is 2.88. The van der Waals surface area contributed by atoms with E-state index in [0.717, 1.165) is 5.69 Å². The second kappa shape index (κ2) is 6.08. The van der Waals surface area contributed by atoms with Crippen LogP contribution in [0.4, 0.5) is 4.39 Å². The maximum absolute atomic E-state index is 14.4. The summed E-state index contributed by atoms with van der Waals surface area (Å²) in [5.41, 5.74) is 1.32. The Morgan fingerprint density at radius 3 is 2.84 bits per heavy atom. The number of nitrogens with zero attached hydrogens (tertiary/aromatic N) is 5. The van der Waals surface area contributed by atoms with Crippen LogP contribution in [0.1, 0.15) is 13.3 Å². The lowest BCUT2D eigenvalue weighted by molar-refractivity contribution is 0.261. The molecule has 3 heterocycles. The first-order chi connectivity index (χ1) is 12.2. The van der Waals surface area contributed by atoms with E-state index in [1.54, 1.807) is 35.3 Å². The minimum Gasteiger partial charge on any atom is -0.364 e. The Balaban J connectivity index is 1.77. The van der Waals surface area contributed by atoms with E-state index in [2.05, 4.69) is 20.2 Å². The zero-order chi connectivity index (χ0) is 17.3. The van der Waals surface area contributed by atoms with Gasteiger partial charge in [0, 0.05) is 23.9 Å². The Morgan fingerprint density at radius 1 is 1.28 bits per heavy atom. The second-order valence-corrected chi connectivity index (χ2v) is 6.24. The summed E-state index contributed by atoms with van der Waals surface area (Å²) in [5, 5.41) is 8.59. The normalized spacial score (nSPS) is 19.8. The molecule has 3 aromatic rings. The molecule has 0 radical (unpaired) electrons. The summed E-state index contributed by atoms with van der Waals surface area (Å²) >= 11 is 0. The van der Waals surface area contributed by atoms with Gasteiger partial charge in [0.2, 0.25) is 0 Å². The van der Waals surface area contributed by atoms with Crippen LogP contribution in [0.2, 0.25) is 0 Å². The second-order valence-electron chi connectivity index (χ2n) is 6.24. The summed E-state index contributed by atoms with van der Waals surface area (Å²) in [7, 11) is 0. The van der Waals surface area contributed by atoms with Crippen molar-refractivity contribution in [2.45, 2.75) is 19.9 Å². The van der Waals surface area contributed by atoms with Crippen molar-refractivity contribution in [3.8, 4) is 22.9 Å². The average Bonchev–Trinajstić information content (AvgIpc) is 3.28. The van der Waals surface area contributed by atoms with Crippen LogP contribution < -0.4 is 0 Å². The summed E-state index contributed by atoms with van der Waals surface area (Å²) in [6.45, 7) is 2.25. The standard InChI is InChI=1S/C18H16FN5O/c1-18(7-3-2-5-16(18)19)12-24-15(13-6-10-25-23-13)11-14(22-24)17-20-8-4-9-21-17/h2-6,8-11H,7,12H2,1H3. The van der Waals surface area contributed by atoms with Crippen molar-refractivity contribution in [2.24, 2.45) is 5.41 Å². The number of aromatic nitrogens is 5. The maximum atomic E-state index is 14.4. The highest BCUT2D eigenvalue weighted by atomic mass is 19.1. The van der Waals surface area contributed by atoms with Gasteiger partial charge in [-0.25, -0.2) is 14.4 Å². The van der Waals surface area contributed by atoms with Gasteiger partial charge in [-0.3, -0.25) is 4.68 Å². The van der Waals surface area contributed by atoms with Gasteiger partial charge in [-0.2, -0.15) is 5.10 Å². The van der Waals surface area contributed by atoms with Crippen molar-refractivity contribution in [1.29, 1.82) is 0 Å². The van der Waals surface area contributed by atoms with Gasteiger partial charge in [0.15, 0.2) is 5.82 Å². The van der Waals surface area contributed by atoms with Crippen molar-refractivity contribution in [3.63, 3.8) is 0 Å². The van der Waals surface area contributed by atoms with Crippen LogP contribution in [0.5, 0.6) is 0 Å². The molecule has 1 aliphatic carbocycles. The van der Waals surface area contributed by atoms with Crippen LogP contribution >= 0.6 is 0 Å². The fraction of sp³-hybridized carbons (Fsp3) is 0.222. The molecule has 1 atom stereocenters. The van der Waals surface area contributed by atoms with Crippen LogP contribution in [-0.2, 0) is 6.54 Å². The van der Waals surface area contributed by atoms with Crippen molar-refractivity contribution < 1.29 is 8.91 Å². The van der Waals surface area contributed by atoms with E-state index in [9.17, 15) is 4.39 Å². The molecule has 0 aliphatic heterocycles. The van der Waals surface area contributed by atoms with Crippen molar-refractivity contribution in [2.75, 3.05) is 0 Å². The number of hydrogen-bond donors (Lipinski definition) is 0. The third kappa shape index (κ3) is 2.88. The monoisotopic (exact) mass is 337 g/mol. The van der Waals surface area contributed by atoms with Gasteiger partial charge >= 0.3 is 0 Å². The van der Waals surface area contributed by atoms with E-state index in [0.29, 0.717) is 30.2 Å².